The molecule has 0 aromatic carbocycles. The van der Waals surface area contributed by atoms with Crippen LogP contribution in [0.2, 0.25) is 0 Å². The Hall–Kier alpha value is -0.0800. The average molecular weight is 200 g/mol. The van der Waals surface area contributed by atoms with Gasteiger partial charge in [-0.15, -0.1) is 0 Å². The van der Waals surface area contributed by atoms with Crippen molar-refractivity contribution in [2.24, 2.45) is 16.7 Å². The molecule has 0 bridgehead atoms. The molecular formula is C12H24O2. The second-order valence-electron chi connectivity index (χ2n) is 5.96. The molecule has 1 aliphatic rings. The SMILES string of the molecule is CC(C)C1(C)COCC(C)(C)COC1. The van der Waals surface area contributed by atoms with E-state index in [2.05, 4.69) is 34.6 Å². The highest BCUT2D eigenvalue weighted by atomic mass is 16.5. The largest absolute Gasteiger partial charge is 0.380 e. The molecule has 0 saturated carbocycles. The van der Waals surface area contributed by atoms with Crippen LogP contribution in [0.1, 0.15) is 34.6 Å². The number of hydrogen-bond donors (Lipinski definition) is 0. The molecule has 0 amide bonds. The van der Waals surface area contributed by atoms with E-state index in [0.29, 0.717) is 5.92 Å². The third-order valence-electron chi connectivity index (χ3n) is 3.24. The molecule has 0 aliphatic carbocycles. The lowest BCUT2D eigenvalue weighted by atomic mass is 9.80. The predicted molar refractivity (Wildman–Crippen MR) is 58.4 cm³/mol. The van der Waals surface area contributed by atoms with Gasteiger partial charge in [0.25, 0.3) is 0 Å². The molecule has 1 aliphatic heterocycles. The Morgan fingerprint density at radius 1 is 0.857 bits per heavy atom. The summed E-state index contributed by atoms with van der Waals surface area (Å²) >= 11 is 0. The number of hydrogen-bond acceptors (Lipinski definition) is 2. The monoisotopic (exact) mass is 200 g/mol. The van der Waals surface area contributed by atoms with Crippen molar-refractivity contribution in [3.63, 3.8) is 0 Å². The van der Waals surface area contributed by atoms with Crippen LogP contribution in [0.25, 0.3) is 0 Å². The summed E-state index contributed by atoms with van der Waals surface area (Å²) in [5.74, 6) is 0.601. The average Bonchev–Trinajstić information content (AvgIpc) is 2.00. The summed E-state index contributed by atoms with van der Waals surface area (Å²) in [4.78, 5) is 0. The lowest BCUT2D eigenvalue weighted by Gasteiger charge is -2.38. The highest BCUT2D eigenvalue weighted by Gasteiger charge is 2.33. The van der Waals surface area contributed by atoms with Gasteiger partial charge in [-0.25, -0.2) is 0 Å². The van der Waals surface area contributed by atoms with E-state index >= 15 is 0 Å². The van der Waals surface area contributed by atoms with E-state index in [1.165, 1.54) is 0 Å². The summed E-state index contributed by atoms with van der Waals surface area (Å²) in [6.45, 7) is 14.3. The molecule has 0 unspecified atom stereocenters. The van der Waals surface area contributed by atoms with Gasteiger partial charge in [0.15, 0.2) is 0 Å². The molecule has 1 heterocycles. The molecule has 0 radical (unpaired) electrons. The zero-order valence-corrected chi connectivity index (χ0v) is 10.2. The summed E-state index contributed by atoms with van der Waals surface area (Å²) in [6.07, 6.45) is 0. The third-order valence-corrected chi connectivity index (χ3v) is 3.24. The Morgan fingerprint density at radius 2 is 1.29 bits per heavy atom. The molecule has 2 heteroatoms. The van der Waals surface area contributed by atoms with Crippen LogP contribution in [-0.4, -0.2) is 26.4 Å². The molecule has 1 saturated heterocycles. The zero-order chi connectivity index (χ0) is 10.8. The minimum atomic E-state index is 0.165. The molecule has 14 heavy (non-hydrogen) atoms. The van der Waals surface area contributed by atoms with Crippen LogP contribution < -0.4 is 0 Å². The maximum Gasteiger partial charge on any atom is 0.0544 e. The smallest absolute Gasteiger partial charge is 0.0544 e. The Balaban J connectivity index is 2.56. The van der Waals surface area contributed by atoms with Gasteiger partial charge in [0.1, 0.15) is 0 Å². The lowest BCUT2D eigenvalue weighted by Crippen LogP contribution is -2.40. The molecule has 2 nitrogen and oxygen atoms in total. The minimum Gasteiger partial charge on any atom is -0.380 e. The molecule has 0 aromatic rings. The molecule has 1 fully saturated rings. The van der Waals surface area contributed by atoms with Gasteiger partial charge in [0.2, 0.25) is 0 Å². The fourth-order valence-electron chi connectivity index (χ4n) is 1.54. The van der Waals surface area contributed by atoms with Gasteiger partial charge < -0.3 is 9.47 Å². The Bertz CT molecular complexity index is 173. The molecule has 84 valence electrons. The van der Waals surface area contributed by atoms with E-state index in [4.69, 9.17) is 9.47 Å². The highest BCUT2D eigenvalue weighted by Crippen LogP contribution is 2.31. The topological polar surface area (TPSA) is 18.5 Å². The van der Waals surface area contributed by atoms with Crippen molar-refractivity contribution < 1.29 is 9.47 Å². The predicted octanol–water partition coefficient (Wildman–Crippen LogP) is 2.72. The van der Waals surface area contributed by atoms with E-state index in [1.807, 2.05) is 0 Å². The molecule has 0 aromatic heterocycles. The zero-order valence-electron chi connectivity index (χ0n) is 10.2. The molecule has 0 atom stereocenters. The fourth-order valence-corrected chi connectivity index (χ4v) is 1.54. The first-order valence-electron chi connectivity index (χ1n) is 5.51. The van der Waals surface area contributed by atoms with Crippen LogP contribution in [0.5, 0.6) is 0 Å². The third kappa shape index (κ3) is 2.96. The highest BCUT2D eigenvalue weighted by molar-refractivity contribution is 4.80. The summed E-state index contributed by atoms with van der Waals surface area (Å²) in [5.41, 5.74) is 0.342. The van der Waals surface area contributed by atoms with Gasteiger partial charge in [-0.1, -0.05) is 34.6 Å². The Labute approximate surface area is 88.0 Å². The van der Waals surface area contributed by atoms with Crippen molar-refractivity contribution in [2.75, 3.05) is 26.4 Å². The quantitative estimate of drug-likeness (QED) is 0.648. The van der Waals surface area contributed by atoms with Crippen molar-refractivity contribution in [1.29, 1.82) is 0 Å². The van der Waals surface area contributed by atoms with Gasteiger partial charge in [0, 0.05) is 10.8 Å². The van der Waals surface area contributed by atoms with E-state index in [1.54, 1.807) is 0 Å². The van der Waals surface area contributed by atoms with Gasteiger partial charge in [-0.2, -0.15) is 0 Å². The van der Waals surface area contributed by atoms with Crippen LogP contribution in [-0.2, 0) is 9.47 Å². The van der Waals surface area contributed by atoms with Crippen LogP contribution in [0, 0.1) is 16.7 Å². The first kappa shape index (κ1) is 12.0. The van der Waals surface area contributed by atoms with Crippen molar-refractivity contribution >= 4 is 0 Å². The van der Waals surface area contributed by atoms with Crippen LogP contribution in [0.4, 0.5) is 0 Å². The summed E-state index contributed by atoms with van der Waals surface area (Å²) in [6, 6.07) is 0. The van der Waals surface area contributed by atoms with E-state index in [0.717, 1.165) is 26.4 Å². The Kier molecular flexibility index (Phi) is 3.59. The van der Waals surface area contributed by atoms with Crippen molar-refractivity contribution in [3.05, 3.63) is 0 Å². The lowest BCUT2D eigenvalue weighted by molar-refractivity contribution is -0.109. The molecular weight excluding hydrogens is 176 g/mol. The normalized spacial score (nSPS) is 27.0. The minimum absolute atomic E-state index is 0.165. The van der Waals surface area contributed by atoms with Gasteiger partial charge in [-0.3, -0.25) is 0 Å². The summed E-state index contributed by atoms with van der Waals surface area (Å²) < 4.78 is 11.6. The van der Waals surface area contributed by atoms with Gasteiger partial charge >= 0.3 is 0 Å². The van der Waals surface area contributed by atoms with E-state index in [9.17, 15) is 0 Å². The fraction of sp³-hybridized carbons (Fsp3) is 1.00. The molecule has 0 spiro atoms. The van der Waals surface area contributed by atoms with Gasteiger partial charge in [0.05, 0.1) is 26.4 Å². The maximum atomic E-state index is 5.79. The number of rotatable bonds is 1. The van der Waals surface area contributed by atoms with Crippen LogP contribution in [0.15, 0.2) is 0 Å². The summed E-state index contributed by atoms with van der Waals surface area (Å²) in [5, 5.41) is 0. The maximum absolute atomic E-state index is 5.79. The second-order valence-corrected chi connectivity index (χ2v) is 5.96. The second kappa shape index (κ2) is 4.19. The first-order chi connectivity index (χ1) is 6.36. The first-order valence-corrected chi connectivity index (χ1v) is 5.51. The van der Waals surface area contributed by atoms with E-state index < -0.39 is 0 Å². The van der Waals surface area contributed by atoms with Crippen molar-refractivity contribution in [1.82, 2.24) is 0 Å². The number of ether oxygens (including phenoxy) is 2. The van der Waals surface area contributed by atoms with Crippen LogP contribution >= 0.6 is 0 Å². The summed E-state index contributed by atoms with van der Waals surface area (Å²) in [7, 11) is 0. The van der Waals surface area contributed by atoms with Crippen molar-refractivity contribution in [3.8, 4) is 0 Å². The van der Waals surface area contributed by atoms with Crippen molar-refractivity contribution in [2.45, 2.75) is 34.6 Å². The molecule has 1 rings (SSSR count). The van der Waals surface area contributed by atoms with Crippen LogP contribution in [0.3, 0.4) is 0 Å². The van der Waals surface area contributed by atoms with Gasteiger partial charge in [-0.05, 0) is 5.92 Å². The van der Waals surface area contributed by atoms with E-state index in [-0.39, 0.29) is 10.8 Å². The molecule has 0 N–H and O–H groups in total. The Morgan fingerprint density at radius 3 is 1.64 bits per heavy atom. The standard InChI is InChI=1S/C12H24O2/c1-10(2)12(5)8-13-6-11(3,4)7-14-9-12/h10H,6-9H2,1-5H3.